The van der Waals surface area contributed by atoms with Crippen molar-refractivity contribution in [3.63, 3.8) is 0 Å². The van der Waals surface area contributed by atoms with Crippen LogP contribution >= 0.6 is 0 Å². The number of para-hydroxylation sites is 1. The van der Waals surface area contributed by atoms with Crippen molar-refractivity contribution in [3.05, 3.63) is 64.5 Å². The van der Waals surface area contributed by atoms with E-state index < -0.39 is 28.2 Å². The highest BCUT2D eigenvalue weighted by Gasteiger charge is 2.20. The SMILES string of the molecule is O=C(NCCN1CCN(c2ccccc2)CC1)C(=O)Nc1ccc(F)c([N+](=O)[O-])c1. The van der Waals surface area contributed by atoms with Gasteiger partial charge in [-0.3, -0.25) is 24.6 Å². The molecule has 3 rings (SSSR count). The van der Waals surface area contributed by atoms with Gasteiger partial charge in [-0.1, -0.05) is 18.2 Å². The van der Waals surface area contributed by atoms with E-state index in [4.69, 9.17) is 0 Å². The summed E-state index contributed by atoms with van der Waals surface area (Å²) in [6, 6.07) is 13.0. The summed E-state index contributed by atoms with van der Waals surface area (Å²) in [6.07, 6.45) is 0. The lowest BCUT2D eigenvalue weighted by Crippen LogP contribution is -2.49. The minimum atomic E-state index is -1.02. The molecule has 0 aliphatic carbocycles. The third-order valence-electron chi connectivity index (χ3n) is 4.81. The summed E-state index contributed by atoms with van der Waals surface area (Å²) in [5.41, 5.74) is 0.381. The third kappa shape index (κ3) is 5.51. The lowest BCUT2D eigenvalue weighted by Gasteiger charge is -2.36. The zero-order chi connectivity index (χ0) is 21.5. The Hall–Kier alpha value is -3.53. The van der Waals surface area contributed by atoms with E-state index in [2.05, 4.69) is 32.6 Å². The second-order valence-corrected chi connectivity index (χ2v) is 6.80. The van der Waals surface area contributed by atoms with E-state index in [9.17, 15) is 24.1 Å². The highest BCUT2D eigenvalue weighted by atomic mass is 19.1. The van der Waals surface area contributed by atoms with Crippen LogP contribution in [-0.4, -0.2) is 60.9 Å². The van der Waals surface area contributed by atoms with E-state index in [0.29, 0.717) is 13.1 Å². The number of nitrogens with one attached hydrogen (secondary N) is 2. The van der Waals surface area contributed by atoms with Crippen LogP contribution in [0, 0.1) is 15.9 Å². The monoisotopic (exact) mass is 415 g/mol. The highest BCUT2D eigenvalue weighted by molar-refractivity contribution is 6.39. The highest BCUT2D eigenvalue weighted by Crippen LogP contribution is 2.21. The molecule has 158 valence electrons. The van der Waals surface area contributed by atoms with E-state index in [1.807, 2.05) is 18.2 Å². The van der Waals surface area contributed by atoms with Crippen LogP contribution in [0.15, 0.2) is 48.5 Å². The predicted octanol–water partition coefficient (Wildman–Crippen LogP) is 1.61. The van der Waals surface area contributed by atoms with Gasteiger partial charge in [0.25, 0.3) is 0 Å². The van der Waals surface area contributed by atoms with Gasteiger partial charge in [0.15, 0.2) is 0 Å². The number of nitrogens with zero attached hydrogens (tertiary/aromatic N) is 3. The minimum absolute atomic E-state index is 0.0275. The first-order valence-electron chi connectivity index (χ1n) is 9.49. The maximum Gasteiger partial charge on any atom is 0.313 e. The van der Waals surface area contributed by atoms with Crippen LogP contribution in [-0.2, 0) is 9.59 Å². The molecule has 0 atom stereocenters. The van der Waals surface area contributed by atoms with Gasteiger partial charge in [0.2, 0.25) is 5.82 Å². The number of amides is 2. The molecule has 30 heavy (non-hydrogen) atoms. The molecule has 1 heterocycles. The Kier molecular flexibility index (Phi) is 6.91. The number of carbonyl (C=O) groups is 2. The second kappa shape index (κ2) is 9.79. The zero-order valence-corrected chi connectivity index (χ0v) is 16.2. The van der Waals surface area contributed by atoms with Gasteiger partial charge in [-0.25, -0.2) is 0 Å². The first-order valence-corrected chi connectivity index (χ1v) is 9.49. The van der Waals surface area contributed by atoms with Gasteiger partial charge in [-0.15, -0.1) is 0 Å². The van der Waals surface area contributed by atoms with Gasteiger partial charge in [-0.05, 0) is 24.3 Å². The molecule has 1 aliphatic heterocycles. The van der Waals surface area contributed by atoms with E-state index in [1.165, 1.54) is 5.69 Å². The van der Waals surface area contributed by atoms with Gasteiger partial charge in [0, 0.05) is 56.7 Å². The molecule has 0 aromatic heterocycles. The first-order chi connectivity index (χ1) is 14.4. The molecular weight excluding hydrogens is 393 g/mol. The Labute approximate surface area is 172 Å². The fourth-order valence-corrected chi connectivity index (χ4v) is 3.19. The fourth-order valence-electron chi connectivity index (χ4n) is 3.19. The number of rotatable bonds is 6. The van der Waals surface area contributed by atoms with Crippen molar-refractivity contribution in [3.8, 4) is 0 Å². The average Bonchev–Trinajstić information content (AvgIpc) is 2.76. The van der Waals surface area contributed by atoms with Gasteiger partial charge in [0.1, 0.15) is 0 Å². The van der Waals surface area contributed by atoms with Crippen LogP contribution in [0.2, 0.25) is 0 Å². The minimum Gasteiger partial charge on any atom is -0.369 e. The number of hydrogen-bond donors (Lipinski definition) is 2. The molecule has 2 N–H and O–H groups in total. The molecule has 1 saturated heterocycles. The molecule has 10 heteroatoms. The van der Waals surface area contributed by atoms with Crippen molar-refractivity contribution in [1.29, 1.82) is 0 Å². The predicted molar refractivity (Wildman–Crippen MR) is 110 cm³/mol. The van der Waals surface area contributed by atoms with Crippen LogP contribution in [0.4, 0.5) is 21.5 Å². The molecule has 1 fully saturated rings. The summed E-state index contributed by atoms with van der Waals surface area (Å²) >= 11 is 0. The standard InChI is InChI=1S/C20H22FN5O4/c21-17-7-6-15(14-18(17)26(29)30)23-20(28)19(27)22-8-9-24-10-12-25(13-11-24)16-4-2-1-3-5-16/h1-7,14H,8-13H2,(H,22,27)(H,23,28). The summed E-state index contributed by atoms with van der Waals surface area (Å²) in [5, 5.41) is 15.5. The smallest absolute Gasteiger partial charge is 0.313 e. The fraction of sp³-hybridized carbons (Fsp3) is 0.300. The van der Waals surface area contributed by atoms with Crippen molar-refractivity contribution < 1.29 is 18.9 Å². The third-order valence-corrected chi connectivity index (χ3v) is 4.81. The Bertz CT molecular complexity index is 917. The Morgan fingerprint density at radius 3 is 2.40 bits per heavy atom. The van der Waals surface area contributed by atoms with Crippen molar-refractivity contribution in [2.45, 2.75) is 0 Å². The summed E-state index contributed by atoms with van der Waals surface area (Å²) in [4.78, 5) is 38.3. The summed E-state index contributed by atoms with van der Waals surface area (Å²) in [6.45, 7) is 4.33. The first kappa shape index (κ1) is 21.2. The maximum atomic E-state index is 13.3. The Balaban J connectivity index is 1.40. The van der Waals surface area contributed by atoms with Gasteiger partial charge < -0.3 is 15.5 Å². The molecule has 2 aromatic carbocycles. The summed E-state index contributed by atoms with van der Waals surface area (Å²) in [7, 11) is 0. The van der Waals surface area contributed by atoms with Crippen molar-refractivity contribution in [2.24, 2.45) is 0 Å². The quantitative estimate of drug-likeness (QED) is 0.422. The summed E-state index contributed by atoms with van der Waals surface area (Å²) < 4.78 is 13.3. The average molecular weight is 415 g/mol. The van der Waals surface area contributed by atoms with Crippen LogP contribution in [0.5, 0.6) is 0 Å². The molecule has 2 aromatic rings. The molecule has 9 nitrogen and oxygen atoms in total. The molecule has 0 bridgehead atoms. The zero-order valence-electron chi connectivity index (χ0n) is 16.2. The normalized spacial score (nSPS) is 14.2. The van der Waals surface area contributed by atoms with Crippen LogP contribution in [0.3, 0.4) is 0 Å². The van der Waals surface area contributed by atoms with Gasteiger partial charge in [0.05, 0.1) is 4.92 Å². The number of benzene rings is 2. The number of anilines is 2. The molecule has 1 aliphatic rings. The summed E-state index contributed by atoms with van der Waals surface area (Å²) in [5.74, 6) is -2.84. The van der Waals surface area contributed by atoms with E-state index in [-0.39, 0.29) is 5.69 Å². The van der Waals surface area contributed by atoms with Crippen LogP contribution in [0.1, 0.15) is 0 Å². The molecule has 0 saturated carbocycles. The van der Waals surface area contributed by atoms with Gasteiger partial charge >= 0.3 is 17.5 Å². The van der Waals surface area contributed by atoms with Crippen molar-refractivity contribution >= 4 is 28.9 Å². The lowest BCUT2D eigenvalue weighted by molar-refractivity contribution is -0.387. The molecule has 0 unspecified atom stereocenters. The molecule has 0 spiro atoms. The van der Waals surface area contributed by atoms with Crippen molar-refractivity contribution in [1.82, 2.24) is 10.2 Å². The van der Waals surface area contributed by atoms with Gasteiger partial charge in [-0.2, -0.15) is 4.39 Å². The number of hydrogen-bond acceptors (Lipinski definition) is 6. The number of nitro groups is 1. The molecule has 0 radical (unpaired) electrons. The molecular formula is C20H22FN5O4. The number of piperazine rings is 1. The lowest BCUT2D eigenvalue weighted by atomic mass is 10.2. The van der Waals surface area contributed by atoms with E-state index >= 15 is 0 Å². The molecule has 2 amide bonds. The van der Waals surface area contributed by atoms with Crippen LogP contribution < -0.4 is 15.5 Å². The number of carbonyl (C=O) groups excluding carboxylic acids is 2. The van der Waals surface area contributed by atoms with Crippen molar-refractivity contribution in [2.75, 3.05) is 49.5 Å². The maximum absolute atomic E-state index is 13.3. The Morgan fingerprint density at radius 2 is 1.73 bits per heavy atom. The largest absolute Gasteiger partial charge is 0.369 e. The Morgan fingerprint density at radius 1 is 1.03 bits per heavy atom. The van der Waals surface area contributed by atoms with Crippen LogP contribution in [0.25, 0.3) is 0 Å². The second-order valence-electron chi connectivity index (χ2n) is 6.80. The number of halogens is 1. The number of nitro benzene ring substituents is 1. The van der Waals surface area contributed by atoms with E-state index in [1.54, 1.807) is 0 Å². The topological polar surface area (TPSA) is 108 Å². The van der Waals surface area contributed by atoms with E-state index in [0.717, 1.165) is 44.4 Å².